The molecule has 1 aromatic rings. The SMILES string of the molecule is N#CC1CN(C(=O)c2cc(F)c([N+](=O)[O-])cc2F)CCO1. The zero-order chi connectivity index (χ0) is 15.6. The molecular formula is C12H9F2N3O4. The van der Waals surface area contributed by atoms with Gasteiger partial charge in [-0.3, -0.25) is 14.9 Å². The van der Waals surface area contributed by atoms with Crippen LogP contribution in [0.15, 0.2) is 12.1 Å². The van der Waals surface area contributed by atoms with Gasteiger partial charge >= 0.3 is 5.69 Å². The van der Waals surface area contributed by atoms with E-state index in [0.29, 0.717) is 12.1 Å². The Balaban J connectivity index is 2.29. The highest BCUT2D eigenvalue weighted by Gasteiger charge is 2.29. The summed E-state index contributed by atoms with van der Waals surface area (Å²) in [7, 11) is 0. The van der Waals surface area contributed by atoms with Crippen LogP contribution in [0.5, 0.6) is 0 Å². The largest absolute Gasteiger partial charge is 0.360 e. The highest BCUT2D eigenvalue weighted by Crippen LogP contribution is 2.23. The number of ether oxygens (including phenoxy) is 1. The molecule has 21 heavy (non-hydrogen) atoms. The molecule has 7 nitrogen and oxygen atoms in total. The van der Waals surface area contributed by atoms with Gasteiger partial charge in [-0.25, -0.2) is 4.39 Å². The van der Waals surface area contributed by atoms with Gasteiger partial charge in [0, 0.05) is 6.54 Å². The quantitative estimate of drug-likeness (QED) is 0.604. The number of hydrogen-bond donors (Lipinski definition) is 0. The lowest BCUT2D eigenvalue weighted by molar-refractivity contribution is -0.387. The Bertz CT molecular complexity index is 644. The molecule has 1 aromatic carbocycles. The summed E-state index contributed by atoms with van der Waals surface area (Å²) in [6.07, 6.45) is -0.839. The second kappa shape index (κ2) is 5.80. The average molecular weight is 297 g/mol. The van der Waals surface area contributed by atoms with Gasteiger partial charge in [0.2, 0.25) is 5.82 Å². The molecular weight excluding hydrogens is 288 g/mol. The van der Waals surface area contributed by atoms with Crippen molar-refractivity contribution >= 4 is 11.6 Å². The molecule has 2 rings (SSSR count). The zero-order valence-electron chi connectivity index (χ0n) is 10.6. The van der Waals surface area contributed by atoms with Gasteiger partial charge in [-0.15, -0.1) is 0 Å². The van der Waals surface area contributed by atoms with Crippen molar-refractivity contribution in [2.45, 2.75) is 6.10 Å². The summed E-state index contributed by atoms with van der Waals surface area (Å²) in [4.78, 5) is 22.7. The number of carbonyl (C=O) groups is 1. The number of rotatable bonds is 2. The van der Waals surface area contributed by atoms with Gasteiger partial charge < -0.3 is 9.64 Å². The average Bonchev–Trinajstić information content (AvgIpc) is 2.48. The van der Waals surface area contributed by atoms with Crippen molar-refractivity contribution in [1.82, 2.24) is 4.90 Å². The number of amides is 1. The van der Waals surface area contributed by atoms with Crippen molar-refractivity contribution in [1.29, 1.82) is 5.26 Å². The summed E-state index contributed by atoms with van der Waals surface area (Å²) >= 11 is 0. The normalized spacial score (nSPS) is 18.1. The van der Waals surface area contributed by atoms with Crippen LogP contribution in [0, 0.1) is 33.1 Å². The number of halogens is 2. The first-order chi connectivity index (χ1) is 9.93. The molecule has 0 radical (unpaired) electrons. The van der Waals surface area contributed by atoms with E-state index in [1.165, 1.54) is 0 Å². The predicted molar refractivity (Wildman–Crippen MR) is 64.3 cm³/mol. The summed E-state index contributed by atoms with van der Waals surface area (Å²) < 4.78 is 32.3. The Hall–Kier alpha value is -2.60. The molecule has 1 unspecified atom stereocenters. The van der Waals surface area contributed by atoms with E-state index in [9.17, 15) is 23.7 Å². The van der Waals surface area contributed by atoms with E-state index in [4.69, 9.17) is 10.00 Å². The third-order valence-corrected chi connectivity index (χ3v) is 2.96. The maximum absolute atomic E-state index is 13.8. The van der Waals surface area contributed by atoms with Crippen molar-refractivity contribution in [2.75, 3.05) is 19.7 Å². The molecule has 1 fully saturated rings. The Labute approximate surface area is 117 Å². The molecule has 0 aromatic heterocycles. The van der Waals surface area contributed by atoms with E-state index in [2.05, 4.69) is 0 Å². The van der Waals surface area contributed by atoms with Crippen molar-refractivity contribution in [3.63, 3.8) is 0 Å². The summed E-state index contributed by atoms with van der Waals surface area (Å²) in [6.45, 7) is 0.142. The predicted octanol–water partition coefficient (Wildman–Crippen LogP) is 1.24. The third-order valence-electron chi connectivity index (χ3n) is 2.96. The van der Waals surface area contributed by atoms with E-state index >= 15 is 0 Å². The lowest BCUT2D eigenvalue weighted by Crippen LogP contribution is -2.45. The fourth-order valence-electron chi connectivity index (χ4n) is 1.92. The van der Waals surface area contributed by atoms with Crippen molar-refractivity contribution in [3.05, 3.63) is 39.4 Å². The van der Waals surface area contributed by atoms with Crippen LogP contribution in [-0.4, -0.2) is 41.5 Å². The van der Waals surface area contributed by atoms with Gasteiger partial charge in [0.15, 0.2) is 6.10 Å². The second-order valence-corrected chi connectivity index (χ2v) is 4.28. The minimum Gasteiger partial charge on any atom is -0.360 e. The Morgan fingerprint density at radius 1 is 1.48 bits per heavy atom. The summed E-state index contributed by atoms with van der Waals surface area (Å²) in [5, 5.41) is 19.2. The van der Waals surface area contributed by atoms with Crippen LogP contribution in [0.1, 0.15) is 10.4 Å². The molecule has 1 aliphatic rings. The number of morpholine rings is 1. The van der Waals surface area contributed by atoms with Crippen LogP contribution in [-0.2, 0) is 4.74 Å². The lowest BCUT2D eigenvalue weighted by atomic mass is 10.1. The number of nitriles is 1. The molecule has 1 heterocycles. The summed E-state index contributed by atoms with van der Waals surface area (Å²) in [6, 6.07) is 2.68. The zero-order valence-corrected chi connectivity index (χ0v) is 10.6. The summed E-state index contributed by atoms with van der Waals surface area (Å²) in [5.74, 6) is -3.33. The van der Waals surface area contributed by atoms with Gasteiger partial charge in [-0.2, -0.15) is 9.65 Å². The maximum atomic E-state index is 13.8. The maximum Gasteiger partial charge on any atom is 0.307 e. The second-order valence-electron chi connectivity index (χ2n) is 4.28. The van der Waals surface area contributed by atoms with Gasteiger partial charge in [-0.05, 0) is 6.07 Å². The molecule has 0 bridgehead atoms. The van der Waals surface area contributed by atoms with Crippen LogP contribution < -0.4 is 0 Å². The number of benzene rings is 1. The van der Waals surface area contributed by atoms with Gasteiger partial charge in [0.25, 0.3) is 5.91 Å². The van der Waals surface area contributed by atoms with Gasteiger partial charge in [0.05, 0.1) is 35.8 Å². The molecule has 9 heteroatoms. The molecule has 0 N–H and O–H groups in total. The van der Waals surface area contributed by atoms with Crippen LogP contribution >= 0.6 is 0 Å². The number of nitrogens with zero attached hydrogens (tertiary/aromatic N) is 3. The van der Waals surface area contributed by atoms with E-state index in [0.717, 1.165) is 4.90 Å². The van der Waals surface area contributed by atoms with Gasteiger partial charge in [-0.1, -0.05) is 0 Å². The number of hydrogen-bond acceptors (Lipinski definition) is 5. The molecule has 110 valence electrons. The van der Waals surface area contributed by atoms with Crippen LogP contribution in [0.3, 0.4) is 0 Å². The van der Waals surface area contributed by atoms with Crippen LogP contribution in [0.4, 0.5) is 14.5 Å². The molecule has 1 amide bonds. The Morgan fingerprint density at radius 2 is 2.19 bits per heavy atom. The molecule has 1 saturated heterocycles. The first kappa shape index (κ1) is 14.8. The fourth-order valence-corrected chi connectivity index (χ4v) is 1.92. The third kappa shape index (κ3) is 2.95. The molecule has 0 saturated carbocycles. The Morgan fingerprint density at radius 3 is 2.81 bits per heavy atom. The number of nitro groups is 1. The minimum atomic E-state index is -1.30. The Kier molecular flexibility index (Phi) is 4.09. The molecule has 0 spiro atoms. The number of nitro benzene ring substituents is 1. The first-order valence-corrected chi connectivity index (χ1v) is 5.88. The first-order valence-electron chi connectivity index (χ1n) is 5.88. The standard InChI is InChI=1S/C12H9F2N3O4/c13-9-4-11(17(19)20)10(14)3-8(9)12(18)16-1-2-21-7(5-15)6-16/h3-4,7H,1-2,6H2. The minimum absolute atomic E-state index is 0.0760. The monoisotopic (exact) mass is 297 g/mol. The van der Waals surface area contributed by atoms with E-state index in [1.54, 1.807) is 0 Å². The van der Waals surface area contributed by atoms with Crippen molar-refractivity contribution in [3.8, 4) is 6.07 Å². The topological polar surface area (TPSA) is 96.5 Å². The molecule has 1 aliphatic heterocycles. The van der Waals surface area contributed by atoms with Gasteiger partial charge in [0.1, 0.15) is 5.82 Å². The lowest BCUT2D eigenvalue weighted by Gasteiger charge is -2.29. The van der Waals surface area contributed by atoms with Crippen molar-refractivity contribution in [2.24, 2.45) is 0 Å². The smallest absolute Gasteiger partial charge is 0.307 e. The van der Waals surface area contributed by atoms with Crippen molar-refractivity contribution < 1.29 is 23.2 Å². The highest BCUT2D eigenvalue weighted by molar-refractivity contribution is 5.95. The molecule has 0 aliphatic carbocycles. The summed E-state index contributed by atoms with van der Waals surface area (Å²) in [5.41, 5.74) is -1.65. The van der Waals surface area contributed by atoms with E-state index < -0.39 is 39.8 Å². The molecule has 1 atom stereocenters. The fraction of sp³-hybridized carbons (Fsp3) is 0.333. The van der Waals surface area contributed by atoms with E-state index in [1.807, 2.05) is 6.07 Å². The van der Waals surface area contributed by atoms with Crippen LogP contribution in [0.25, 0.3) is 0 Å². The highest BCUT2D eigenvalue weighted by atomic mass is 19.1. The van der Waals surface area contributed by atoms with E-state index in [-0.39, 0.29) is 19.7 Å². The van der Waals surface area contributed by atoms with Crippen LogP contribution in [0.2, 0.25) is 0 Å². The number of carbonyl (C=O) groups excluding carboxylic acids is 1.